The zero-order valence-corrected chi connectivity index (χ0v) is 18.1. The third-order valence-electron chi connectivity index (χ3n) is 6.76. The van der Waals surface area contributed by atoms with Crippen molar-refractivity contribution in [3.05, 3.63) is 0 Å². The zero-order valence-electron chi connectivity index (χ0n) is 18.1. The Hall–Kier alpha value is -0.200. The van der Waals surface area contributed by atoms with E-state index in [2.05, 4.69) is 36.6 Å². The summed E-state index contributed by atoms with van der Waals surface area (Å²) in [5, 5.41) is 16.9. The van der Waals surface area contributed by atoms with Gasteiger partial charge in [-0.15, -0.1) is 0 Å². The van der Waals surface area contributed by atoms with E-state index in [-0.39, 0.29) is 6.23 Å². The van der Waals surface area contributed by atoms with Crippen LogP contribution >= 0.6 is 0 Å². The first kappa shape index (κ1) is 23.1. The lowest BCUT2D eigenvalue weighted by atomic mass is 9.78. The fraction of sp³-hybridized carbons (Fsp3) is 1.00. The number of hydrogen-bond acceptors (Lipinski definition) is 5. The van der Waals surface area contributed by atoms with Gasteiger partial charge in [0, 0.05) is 26.2 Å². The molecule has 0 radical (unpaired) electrons. The highest BCUT2D eigenvalue weighted by molar-refractivity contribution is 4.93. The largest absolute Gasteiger partial charge is 0.379 e. The van der Waals surface area contributed by atoms with Crippen molar-refractivity contribution >= 4 is 0 Å². The first-order valence-corrected chi connectivity index (χ1v) is 11.5. The Labute approximate surface area is 167 Å². The Morgan fingerprint density at radius 2 is 1.93 bits per heavy atom. The number of rotatable bonds is 14. The summed E-state index contributed by atoms with van der Waals surface area (Å²) in [5.41, 5.74) is 5.57. The monoisotopic (exact) mass is 382 g/mol. The highest BCUT2D eigenvalue weighted by Gasteiger charge is 2.42. The first-order valence-electron chi connectivity index (χ1n) is 11.5. The average Bonchev–Trinajstić information content (AvgIpc) is 3.38. The van der Waals surface area contributed by atoms with Gasteiger partial charge in [0.25, 0.3) is 0 Å². The molecule has 0 saturated heterocycles. The van der Waals surface area contributed by atoms with Crippen LogP contribution in [-0.4, -0.2) is 63.1 Å². The molecule has 0 amide bonds. The predicted molar refractivity (Wildman–Crippen MR) is 115 cm³/mol. The highest BCUT2D eigenvalue weighted by Crippen LogP contribution is 2.52. The van der Waals surface area contributed by atoms with Crippen molar-refractivity contribution in [3.63, 3.8) is 0 Å². The van der Waals surface area contributed by atoms with Crippen LogP contribution in [0.3, 0.4) is 0 Å². The summed E-state index contributed by atoms with van der Waals surface area (Å²) >= 11 is 0. The molecule has 0 aromatic rings. The summed E-state index contributed by atoms with van der Waals surface area (Å²) < 4.78 is 0. The molecule has 0 aliphatic heterocycles. The maximum Gasteiger partial charge on any atom is 0.106 e. The molecule has 2 aliphatic carbocycles. The van der Waals surface area contributed by atoms with Gasteiger partial charge in [0.05, 0.1) is 0 Å². The van der Waals surface area contributed by atoms with Gasteiger partial charge in [0.1, 0.15) is 6.23 Å². The van der Waals surface area contributed by atoms with E-state index in [4.69, 9.17) is 5.73 Å². The molecule has 6 atom stereocenters. The minimum atomic E-state index is -0.374. The summed E-state index contributed by atoms with van der Waals surface area (Å²) in [6, 6.07) is 0. The predicted octanol–water partition coefficient (Wildman–Crippen LogP) is 2.25. The van der Waals surface area contributed by atoms with Gasteiger partial charge in [-0.2, -0.15) is 0 Å². The molecule has 2 fully saturated rings. The topological polar surface area (TPSA) is 73.5 Å². The summed E-state index contributed by atoms with van der Waals surface area (Å²) in [6.07, 6.45) is 10.3. The third-order valence-corrected chi connectivity index (χ3v) is 6.76. The van der Waals surface area contributed by atoms with Crippen LogP contribution in [0.1, 0.15) is 58.3 Å². The first-order chi connectivity index (χ1) is 13.0. The van der Waals surface area contributed by atoms with Gasteiger partial charge >= 0.3 is 0 Å². The van der Waals surface area contributed by atoms with E-state index >= 15 is 0 Å². The molecule has 0 heterocycles. The van der Waals surface area contributed by atoms with Crippen molar-refractivity contribution in [3.8, 4) is 0 Å². The van der Waals surface area contributed by atoms with Gasteiger partial charge in [-0.3, -0.25) is 5.32 Å². The molecule has 0 aromatic carbocycles. The van der Waals surface area contributed by atoms with Gasteiger partial charge in [-0.25, -0.2) is 0 Å². The van der Waals surface area contributed by atoms with Crippen LogP contribution in [-0.2, 0) is 0 Å². The minimum absolute atomic E-state index is 0.374. The maximum absolute atomic E-state index is 10.1. The Kier molecular flexibility index (Phi) is 10.6. The Morgan fingerprint density at radius 1 is 1.11 bits per heavy atom. The van der Waals surface area contributed by atoms with E-state index < -0.39 is 0 Å². The molecule has 5 heteroatoms. The van der Waals surface area contributed by atoms with Crippen molar-refractivity contribution in [2.45, 2.75) is 64.5 Å². The van der Waals surface area contributed by atoms with Crippen molar-refractivity contribution in [1.82, 2.24) is 15.5 Å². The van der Waals surface area contributed by atoms with Crippen molar-refractivity contribution in [1.29, 1.82) is 0 Å². The molecular weight excluding hydrogens is 336 g/mol. The third kappa shape index (κ3) is 9.23. The number of nitrogens with zero attached hydrogens (tertiary/aromatic N) is 1. The van der Waals surface area contributed by atoms with Crippen molar-refractivity contribution in [2.75, 3.05) is 46.8 Å². The van der Waals surface area contributed by atoms with Crippen LogP contribution in [0.2, 0.25) is 0 Å². The second-order valence-corrected chi connectivity index (χ2v) is 9.63. The molecule has 2 rings (SSSR count). The fourth-order valence-electron chi connectivity index (χ4n) is 5.00. The smallest absolute Gasteiger partial charge is 0.106 e. The molecule has 160 valence electrons. The van der Waals surface area contributed by atoms with E-state index in [9.17, 15) is 5.11 Å². The minimum Gasteiger partial charge on any atom is -0.379 e. The molecular formula is C22H46N4O. The van der Waals surface area contributed by atoms with Crippen LogP contribution in [0.5, 0.6) is 0 Å². The number of nitrogens with two attached hydrogens (primary N) is 1. The van der Waals surface area contributed by atoms with E-state index in [1.54, 1.807) is 0 Å². The molecule has 5 nitrogen and oxygen atoms in total. The SMILES string of the molecule is C[C@H](CNC(O)CCN(C)C)CC1CC2CC2CCC1CCCNCCN. The van der Waals surface area contributed by atoms with Gasteiger partial charge in [0.15, 0.2) is 0 Å². The second kappa shape index (κ2) is 12.4. The lowest BCUT2D eigenvalue weighted by molar-refractivity contribution is 0.109. The van der Waals surface area contributed by atoms with E-state index in [1.807, 2.05) is 0 Å². The molecule has 0 bridgehead atoms. The number of hydrogen-bond donors (Lipinski definition) is 4. The number of aliphatic hydroxyl groups is 1. The van der Waals surface area contributed by atoms with Crippen LogP contribution < -0.4 is 16.4 Å². The van der Waals surface area contributed by atoms with E-state index in [0.717, 1.165) is 62.8 Å². The van der Waals surface area contributed by atoms with Gasteiger partial charge in [-0.05, 0) is 102 Å². The highest BCUT2D eigenvalue weighted by atomic mass is 16.3. The molecule has 0 spiro atoms. The van der Waals surface area contributed by atoms with Crippen LogP contribution in [0.25, 0.3) is 0 Å². The maximum atomic E-state index is 10.1. The van der Waals surface area contributed by atoms with Gasteiger partial charge < -0.3 is 21.1 Å². The Morgan fingerprint density at radius 3 is 2.67 bits per heavy atom. The van der Waals surface area contributed by atoms with Crippen LogP contribution in [0.15, 0.2) is 0 Å². The van der Waals surface area contributed by atoms with Crippen LogP contribution in [0.4, 0.5) is 0 Å². The second-order valence-electron chi connectivity index (χ2n) is 9.63. The van der Waals surface area contributed by atoms with E-state index in [0.29, 0.717) is 5.92 Å². The van der Waals surface area contributed by atoms with Crippen molar-refractivity contribution < 1.29 is 5.11 Å². The van der Waals surface area contributed by atoms with Gasteiger partial charge in [-0.1, -0.05) is 6.92 Å². The lowest BCUT2D eigenvalue weighted by Gasteiger charge is -2.29. The molecule has 0 aromatic heterocycles. The summed E-state index contributed by atoms with van der Waals surface area (Å²) in [6.45, 7) is 7.01. The molecule has 2 saturated carbocycles. The zero-order chi connectivity index (χ0) is 19.6. The lowest BCUT2D eigenvalue weighted by Crippen LogP contribution is -2.35. The normalized spacial score (nSPS) is 30.0. The van der Waals surface area contributed by atoms with Gasteiger partial charge in [0.2, 0.25) is 0 Å². The summed E-state index contributed by atoms with van der Waals surface area (Å²) in [7, 11) is 4.11. The summed E-state index contributed by atoms with van der Waals surface area (Å²) in [5.74, 6) is 4.50. The van der Waals surface area contributed by atoms with Crippen LogP contribution in [0, 0.1) is 29.6 Å². The molecule has 27 heavy (non-hydrogen) atoms. The number of nitrogens with one attached hydrogen (secondary N) is 2. The quantitative estimate of drug-likeness (QED) is 0.274. The summed E-state index contributed by atoms with van der Waals surface area (Å²) in [4.78, 5) is 2.12. The standard InChI is InChI=1S/C22H46N4O/c1-17(16-25-22(27)8-12-26(2)3)13-20-15-21-14-19(21)7-6-18(20)5-4-10-24-11-9-23/h17-22,24-25,27H,4-16,23H2,1-3H3/t17-,18?,19?,20?,21?,22?/m0/s1. The molecule has 5 unspecified atom stereocenters. The Balaban J connectivity index is 1.71. The fourth-order valence-corrected chi connectivity index (χ4v) is 5.00. The average molecular weight is 383 g/mol. The number of aliphatic hydroxyl groups excluding tert-OH is 1. The Bertz CT molecular complexity index is 393. The van der Waals surface area contributed by atoms with Crippen molar-refractivity contribution in [2.24, 2.45) is 35.3 Å². The molecule has 5 N–H and O–H groups in total. The molecule has 2 aliphatic rings. The number of fused-ring (bicyclic) bond motifs is 1. The van der Waals surface area contributed by atoms with E-state index in [1.165, 1.54) is 44.9 Å².